The normalized spacial score (nSPS) is 10.9. The molecule has 3 aromatic rings. The maximum absolute atomic E-state index is 13.0. The number of furan rings is 1. The highest BCUT2D eigenvalue weighted by Gasteiger charge is 2.14. The van der Waals surface area contributed by atoms with Gasteiger partial charge in [-0.3, -0.25) is 4.79 Å². The number of benzene rings is 1. The third-order valence-corrected chi connectivity index (χ3v) is 3.17. The molecule has 17 heavy (non-hydrogen) atoms. The first-order chi connectivity index (χ1) is 8.24. The van der Waals surface area contributed by atoms with Crippen molar-refractivity contribution in [2.75, 3.05) is 0 Å². The molecule has 0 amide bonds. The van der Waals surface area contributed by atoms with Gasteiger partial charge < -0.3 is 4.42 Å². The van der Waals surface area contributed by atoms with Gasteiger partial charge in [-0.2, -0.15) is 11.3 Å². The second kappa shape index (κ2) is 3.82. The zero-order valence-electron chi connectivity index (χ0n) is 8.64. The lowest BCUT2D eigenvalue weighted by molar-refractivity contribution is 0.101. The van der Waals surface area contributed by atoms with E-state index >= 15 is 0 Å². The van der Waals surface area contributed by atoms with Gasteiger partial charge in [0.15, 0.2) is 5.76 Å². The Morgan fingerprint density at radius 1 is 1.24 bits per heavy atom. The summed E-state index contributed by atoms with van der Waals surface area (Å²) in [6, 6.07) is 7.49. The fraction of sp³-hybridized carbons (Fsp3) is 0. The third kappa shape index (κ3) is 1.76. The van der Waals surface area contributed by atoms with E-state index < -0.39 is 0 Å². The molecule has 0 saturated carbocycles. The van der Waals surface area contributed by atoms with E-state index in [0.717, 1.165) is 0 Å². The molecule has 2 aromatic heterocycles. The number of halogens is 1. The van der Waals surface area contributed by atoms with Crippen molar-refractivity contribution in [1.82, 2.24) is 0 Å². The number of fused-ring (bicyclic) bond motifs is 1. The van der Waals surface area contributed by atoms with Crippen LogP contribution in [0.4, 0.5) is 4.39 Å². The van der Waals surface area contributed by atoms with Crippen LogP contribution in [0.3, 0.4) is 0 Å². The lowest BCUT2D eigenvalue weighted by Crippen LogP contribution is -1.96. The van der Waals surface area contributed by atoms with Crippen LogP contribution in [-0.4, -0.2) is 5.78 Å². The molecule has 0 spiro atoms. The first-order valence-corrected chi connectivity index (χ1v) is 5.94. The van der Waals surface area contributed by atoms with Gasteiger partial charge in [-0.15, -0.1) is 0 Å². The quantitative estimate of drug-likeness (QED) is 0.642. The Kier molecular flexibility index (Phi) is 2.30. The second-order valence-electron chi connectivity index (χ2n) is 3.63. The van der Waals surface area contributed by atoms with Gasteiger partial charge in [-0.25, -0.2) is 4.39 Å². The lowest BCUT2D eigenvalue weighted by Gasteiger charge is -1.90. The van der Waals surface area contributed by atoms with Gasteiger partial charge in [0, 0.05) is 16.3 Å². The van der Waals surface area contributed by atoms with Gasteiger partial charge in [0.2, 0.25) is 5.78 Å². The van der Waals surface area contributed by atoms with Crippen LogP contribution in [-0.2, 0) is 0 Å². The molecule has 2 nitrogen and oxygen atoms in total. The highest BCUT2D eigenvalue weighted by molar-refractivity contribution is 7.08. The zero-order chi connectivity index (χ0) is 11.8. The van der Waals surface area contributed by atoms with Crippen LogP contribution in [0, 0.1) is 5.82 Å². The maximum Gasteiger partial charge on any atom is 0.229 e. The summed E-state index contributed by atoms with van der Waals surface area (Å²) in [5, 5.41) is 4.19. The van der Waals surface area contributed by atoms with E-state index in [-0.39, 0.29) is 17.4 Å². The maximum atomic E-state index is 13.0. The topological polar surface area (TPSA) is 30.2 Å². The monoisotopic (exact) mass is 246 g/mol. The van der Waals surface area contributed by atoms with Gasteiger partial charge in [0.25, 0.3) is 0 Å². The highest BCUT2D eigenvalue weighted by Crippen LogP contribution is 2.23. The predicted octanol–water partition coefficient (Wildman–Crippen LogP) is 3.86. The fourth-order valence-corrected chi connectivity index (χ4v) is 2.30. The molecule has 1 aromatic carbocycles. The summed E-state index contributed by atoms with van der Waals surface area (Å²) >= 11 is 1.45. The average Bonchev–Trinajstić information content (AvgIpc) is 2.96. The first-order valence-electron chi connectivity index (χ1n) is 5.00. The Labute approximate surface area is 100 Å². The number of hydrogen-bond donors (Lipinski definition) is 0. The second-order valence-corrected chi connectivity index (χ2v) is 4.41. The Bertz CT molecular complexity index is 683. The largest absolute Gasteiger partial charge is 0.453 e. The van der Waals surface area contributed by atoms with Crippen molar-refractivity contribution in [2.45, 2.75) is 0 Å². The average molecular weight is 246 g/mol. The van der Waals surface area contributed by atoms with Crippen molar-refractivity contribution in [3.8, 4) is 0 Å². The van der Waals surface area contributed by atoms with Crippen LogP contribution >= 0.6 is 11.3 Å². The standard InChI is InChI=1S/C13H7FO2S/c14-10-1-2-11-9(5-10)6-12(16-11)13(15)8-3-4-17-7-8/h1-7H. The molecule has 84 valence electrons. The molecule has 2 heterocycles. The highest BCUT2D eigenvalue weighted by atomic mass is 32.1. The molecule has 0 aliphatic carbocycles. The van der Waals surface area contributed by atoms with Crippen LogP contribution in [0.25, 0.3) is 11.0 Å². The summed E-state index contributed by atoms with van der Waals surface area (Å²) in [4.78, 5) is 12.0. The van der Waals surface area contributed by atoms with Crippen LogP contribution in [0.1, 0.15) is 16.1 Å². The minimum absolute atomic E-state index is 0.178. The lowest BCUT2D eigenvalue weighted by atomic mass is 10.1. The molecule has 0 bridgehead atoms. The smallest absolute Gasteiger partial charge is 0.229 e. The van der Waals surface area contributed by atoms with Gasteiger partial charge in [0.05, 0.1) is 0 Å². The molecular formula is C13H7FO2S. The SMILES string of the molecule is O=C(c1ccsc1)c1cc2cc(F)ccc2o1. The van der Waals surface area contributed by atoms with Gasteiger partial charge >= 0.3 is 0 Å². The molecule has 0 aliphatic rings. The van der Waals surface area contributed by atoms with E-state index in [9.17, 15) is 9.18 Å². The summed E-state index contributed by atoms with van der Waals surface area (Å²) in [5.41, 5.74) is 1.11. The summed E-state index contributed by atoms with van der Waals surface area (Å²) < 4.78 is 18.4. The summed E-state index contributed by atoms with van der Waals surface area (Å²) in [6.45, 7) is 0. The van der Waals surface area contributed by atoms with Crippen molar-refractivity contribution < 1.29 is 13.6 Å². The fourth-order valence-electron chi connectivity index (χ4n) is 1.66. The molecule has 4 heteroatoms. The minimum atomic E-state index is -0.340. The Hall–Kier alpha value is -1.94. The summed E-state index contributed by atoms with van der Waals surface area (Å²) in [7, 11) is 0. The number of ketones is 1. The molecule has 0 atom stereocenters. The van der Waals surface area contributed by atoms with E-state index in [1.165, 1.54) is 29.5 Å². The predicted molar refractivity (Wildman–Crippen MR) is 63.9 cm³/mol. The molecule has 0 saturated heterocycles. The van der Waals surface area contributed by atoms with E-state index in [2.05, 4.69) is 0 Å². The van der Waals surface area contributed by atoms with Crippen LogP contribution in [0.5, 0.6) is 0 Å². The Morgan fingerprint density at radius 3 is 2.88 bits per heavy atom. The first kappa shape index (κ1) is 10.2. The van der Waals surface area contributed by atoms with E-state index in [4.69, 9.17) is 4.42 Å². The van der Waals surface area contributed by atoms with E-state index in [1.807, 2.05) is 5.38 Å². The summed E-state index contributed by atoms with van der Waals surface area (Å²) in [6.07, 6.45) is 0. The van der Waals surface area contributed by atoms with Crippen molar-refractivity contribution in [3.63, 3.8) is 0 Å². The molecular weight excluding hydrogens is 239 g/mol. The number of rotatable bonds is 2. The number of carbonyl (C=O) groups is 1. The minimum Gasteiger partial charge on any atom is -0.453 e. The zero-order valence-corrected chi connectivity index (χ0v) is 9.46. The number of carbonyl (C=O) groups excluding carboxylic acids is 1. The number of hydrogen-bond acceptors (Lipinski definition) is 3. The van der Waals surface area contributed by atoms with Crippen molar-refractivity contribution in [2.24, 2.45) is 0 Å². The molecule has 0 N–H and O–H groups in total. The Morgan fingerprint density at radius 2 is 2.12 bits per heavy atom. The van der Waals surface area contributed by atoms with Gasteiger partial charge in [-0.1, -0.05) is 0 Å². The molecule has 0 fully saturated rings. The van der Waals surface area contributed by atoms with E-state index in [1.54, 1.807) is 17.5 Å². The van der Waals surface area contributed by atoms with Crippen LogP contribution in [0.2, 0.25) is 0 Å². The van der Waals surface area contributed by atoms with Crippen molar-refractivity contribution >= 4 is 28.1 Å². The van der Waals surface area contributed by atoms with Crippen LogP contribution < -0.4 is 0 Å². The van der Waals surface area contributed by atoms with Crippen LogP contribution in [0.15, 0.2) is 45.5 Å². The van der Waals surface area contributed by atoms with Gasteiger partial charge in [-0.05, 0) is 35.7 Å². The van der Waals surface area contributed by atoms with Gasteiger partial charge in [0.1, 0.15) is 11.4 Å². The summed E-state index contributed by atoms with van der Waals surface area (Å²) in [5.74, 6) is -0.278. The number of thiophene rings is 1. The molecule has 3 rings (SSSR count). The van der Waals surface area contributed by atoms with Crippen molar-refractivity contribution in [1.29, 1.82) is 0 Å². The van der Waals surface area contributed by atoms with Crippen molar-refractivity contribution in [3.05, 3.63) is 58.2 Å². The third-order valence-electron chi connectivity index (χ3n) is 2.49. The Balaban J connectivity index is 2.09. The van der Waals surface area contributed by atoms with E-state index in [0.29, 0.717) is 16.5 Å². The molecule has 0 aliphatic heterocycles. The molecule has 0 radical (unpaired) electrons. The molecule has 0 unspecified atom stereocenters.